The van der Waals surface area contributed by atoms with Crippen LogP contribution in [0.15, 0.2) is 27.5 Å². The Kier molecular flexibility index (Phi) is 2.46. The molecular weight excluding hydrogens is 206 g/mol. The van der Waals surface area contributed by atoms with E-state index in [1.54, 1.807) is 12.5 Å². The maximum atomic E-state index is 5.29. The van der Waals surface area contributed by atoms with Crippen LogP contribution in [0.3, 0.4) is 0 Å². The molecule has 0 radical (unpaired) electrons. The Hall–Kier alpha value is -1.62. The predicted octanol–water partition coefficient (Wildman–Crippen LogP) is 1.80. The maximum absolute atomic E-state index is 5.29. The second kappa shape index (κ2) is 4.09. The summed E-state index contributed by atoms with van der Waals surface area (Å²) in [5.41, 5.74) is 0.860. The molecule has 5 heteroatoms. The smallest absolute Gasteiger partial charge is 0.231 e. The van der Waals surface area contributed by atoms with E-state index in [9.17, 15) is 0 Å². The molecule has 0 aliphatic carbocycles. The fraction of sp³-hybridized carbons (Fsp3) is 0.455. The molecule has 0 spiro atoms. The van der Waals surface area contributed by atoms with Gasteiger partial charge in [-0.3, -0.25) is 0 Å². The van der Waals surface area contributed by atoms with Crippen molar-refractivity contribution in [1.82, 2.24) is 15.5 Å². The fourth-order valence-corrected chi connectivity index (χ4v) is 1.97. The molecule has 1 atom stereocenters. The van der Waals surface area contributed by atoms with Gasteiger partial charge in [0.25, 0.3) is 0 Å². The van der Waals surface area contributed by atoms with E-state index in [4.69, 9.17) is 8.94 Å². The van der Waals surface area contributed by atoms with Gasteiger partial charge in [0, 0.05) is 6.54 Å². The van der Waals surface area contributed by atoms with Gasteiger partial charge < -0.3 is 14.3 Å². The summed E-state index contributed by atoms with van der Waals surface area (Å²) in [5.74, 6) is 1.68. The number of hydrogen-bond acceptors (Lipinski definition) is 5. The van der Waals surface area contributed by atoms with Crippen molar-refractivity contribution in [2.75, 3.05) is 13.1 Å². The third-order valence-corrected chi connectivity index (χ3v) is 2.87. The van der Waals surface area contributed by atoms with Crippen LogP contribution in [-0.2, 0) is 0 Å². The zero-order valence-corrected chi connectivity index (χ0v) is 8.85. The van der Waals surface area contributed by atoms with Crippen LogP contribution in [0, 0.1) is 0 Å². The molecule has 1 fully saturated rings. The molecule has 1 saturated heterocycles. The van der Waals surface area contributed by atoms with Gasteiger partial charge in [-0.15, -0.1) is 0 Å². The van der Waals surface area contributed by atoms with Crippen LogP contribution in [0.1, 0.15) is 24.7 Å². The molecule has 2 aromatic heterocycles. The highest BCUT2D eigenvalue weighted by Gasteiger charge is 2.21. The van der Waals surface area contributed by atoms with Crippen molar-refractivity contribution in [2.45, 2.75) is 18.8 Å². The third-order valence-electron chi connectivity index (χ3n) is 2.87. The van der Waals surface area contributed by atoms with E-state index in [1.165, 1.54) is 0 Å². The van der Waals surface area contributed by atoms with Gasteiger partial charge in [-0.05, 0) is 25.5 Å². The quantitative estimate of drug-likeness (QED) is 0.834. The average Bonchev–Trinajstić information content (AvgIpc) is 3.01. The van der Waals surface area contributed by atoms with Crippen molar-refractivity contribution in [3.63, 3.8) is 0 Å². The summed E-state index contributed by atoms with van der Waals surface area (Å²) in [7, 11) is 0. The van der Waals surface area contributed by atoms with Gasteiger partial charge in [-0.25, -0.2) is 0 Å². The van der Waals surface area contributed by atoms with Crippen molar-refractivity contribution in [2.24, 2.45) is 0 Å². The number of piperidine rings is 1. The Morgan fingerprint density at radius 2 is 2.44 bits per heavy atom. The topological polar surface area (TPSA) is 64.1 Å². The van der Waals surface area contributed by atoms with Crippen molar-refractivity contribution in [3.05, 3.63) is 24.5 Å². The molecule has 5 nitrogen and oxygen atoms in total. The summed E-state index contributed by atoms with van der Waals surface area (Å²) < 4.78 is 10.3. The van der Waals surface area contributed by atoms with Gasteiger partial charge in [-0.1, -0.05) is 5.16 Å². The summed E-state index contributed by atoms with van der Waals surface area (Å²) in [6.07, 6.45) is 5.50. The summed E-state index contributed by atoms with van der Waals surface area (Å²) in [6, 6.07) is 1.83. The molecule has 16 heavy (non-hydrogen) atoms. The van der Waals surface area contributed by atoms with Crippen LogP contribution in [0.25, 0.3) is 11.4 Å². The molecule has 1 unspecified atom stereocenters. The average molecular weight is 219 g/mol. The van der Waals surface area contributed by atoms with Crippen LogP contribution in [0.2, 0.25) is 0 Å². The van der Waals surface area contributed by atoms with Gasteiger partial charge in [0.2, 0.25) is 11.7 Å². The Morgan fingerprint density at radius 1 is 1.44 bits per heavy atom. The van der Waals surface area contributed by atoms with Crippen LogP contribution in [0.4, 0.5) is 0 Å². The summed E-state index contributed by atoms with van der Waals surface area (Å²) in [4.78, 5) is 4.40. The molecule has 3 rings (SSSR count). The number of hydrogen-bond donors (Lipinski definition) is 1. The first-order valence-electron chi connectivity index (χ1n) is 5.50. The van der Waals surface area contributed by atoms with Crippen LogP contribution >= 0.6 is 0 Å². The first kappa shape index (κ1) is 9.59. The van der Waals surface area contributed by atoms with Crippen LogP contribution in [-0.4, -0.2) is 23.2 Å². The zero-order valence-electron chi connectivity index (χ0n) is 8.85. The zero-order chi connectivity index (χ0) is 10.8. The highest BCUT2D eigenvalue weighted by Crippen LogP contribution is 2.24. The van der Waals surface area contributed by atoms with E-state index in [0.717, 1.165) is 37.4 Å². The van der Waals surface area contributed by atoms with E-state index in [-0.39, 0.29) is 0 Å². The third kappa shape index (κ3) is 1.74. The minimum Gasteiger partial charge on any atom is -0.472 e. The Labute approximate surface area is 92.8 Å². The Balaban J connectivity index is 1.82. The molecule has 3 heterocycles. The molecule has 0 bridgehead atoms. The normalized spacial score (nSPS) is 21.1. The van der Waals surface area contributed by atoms with E-state index in [2.05, 4.69) is 15.5 Å². The first-order chi connectivity index (χ1) is 7.93. The van der Waals surface area contributed by atoms with Gasteiger partial charge >= 0.3 is 0 Å². The molecule has 0 aromatic carbocycles. The van der Waals surface area contributed by atoms with Crippen molar-refractivity contribution < 1.29 is 8.94 Å². The van der Waals surface area contributed by atoms with E-state index in [0.29, 0.717) is 11.7 Å². The molecule has 1 N–H and O–H groups in total. The number of nitrogens with one attached hydrogen (secondary N) is 1. The number of aromatic nitrogens is 2. The van der Waals surface area contributed by atoms with Crippen molar-refractivity contribution in [1.29, 1.82) is 0 Å². The SMILES string of the molecule is c1cc(-c2noc(C3CCCNC3)n2)co1. The Bertz CT molecular complexity index is 444. The summed E-state index contributed by atoms with van der Waals surface area (Å²) >= 11 is 0. The Morgan fingerprint density at radius 3 is 3.19 bits per heavy atom. The van der Waals surface area contributed by atoms with Gasteiger partial charge in [-0.2, -0.15) is 4.98 Å². The second-order valence-corrected chi connectivity index (χ2v) is 4.01. The molecule has 2 aromatic rings. The van der Waals surface area contributed by atoms with E-state index >= 15 is 0 Å². The van der Waals surface area contributed by atoms with Gasteiger partial charge in [0.05, 0.1) is 17.7 Å². The van der Waals surface area contributed by atoms with E-state index in [1.807, 2.05) is 6.07 Å². The van der Waals surface area contributed by atoms with E-state index < -0.39 is 0 Å². The standard InChI is InChI=1S/C11H13N3O2/c1-2-8(6-12-4-1)11-13-10(14-16-11)9-3-5-15-7-9/h3,5,7-8,12H,1-2,4,6H2. The summed E-state index contributed by atoms with van der Waals surface area (Å²) in [6.45, 7) is 2.01. The molecule has 0 amide bonds. The number of rotatable bonds is 2. The largest absolute Gasteiger partial charge is 0.472 e. The van der Waals surface area contributed by atoms with Crippen molar-refractivity contribution >= 4 is 0 Å². The lowest BCUT2D eigenvalue weighted by Gasteiger charge is -2.18. The molecular formula is C11H13N3O2. The van der Waals surface area contributed by atoms with Crippen LogP contribution in [0.5, 0.6) is 0 Å². The number of furan rings is 1. The lowest BCUT2D eigenvalue weighted by Crippen LogP contribution is -2.28. The molecule has 1 aliphatic heterocycles. The lowest BCUT2D eigenvalue weighted by atomic mass is 10.00. The van der Waals surface area contributed by atoms with Crippen LogP contribution < -0.4 is 5.32 Å². The fourth-order valence-electron chi connectivity index (χ4n) is 1.97. The summed E-state index contributed by atoms with van der Waals surface area (Å²) in [5, 5.41) is 7.29. The molecule has 1 aliphatic rings. The minimum atomic E-state index is 0.349. The van der Waals surface area contributed by atoms with Gasteiger partial charge in [0.1, 0.15) is 6.26 Å². The number of nitrogens with zero attached hydrogens (tertiary/aromatic N) is 2. The lowest BCUT2D eigenvalue weighted by molar-refractivity contribution is 0.322. The maximum Gasteiger partial charge on any atom is 0.231 e. The second-order valence-electron chi connectivity index (χ2n) is 4.01. The first-order valence-corrected chi connectivity index (χ1v) is 5.50. The van der Waals surface area contributed by atoms with Gasteiger partial charge in [0.15, 0.2) is 0 Å². The highest BCUT2D eigenvalue weighted by molar-refractivity contribution is 5.51. The minimum absolute atomic E-state index is 0.349. The van der Waals surface area contributed by atoms with Crippen molar-refractivity contribution in [3.8, 4) is 11.4 Å². The molecule has 84 valence electrons. The molecule has 0 saturated carbocycles. The predicted molar refractivity (Wildman–Crippen MR) is 56.8 cm³/mol. The highest BCUT2D eigenvalue weighted by atomic mass is 16.5. The monoisotopic (exact) mass is 219 g/mol.